The summed E-state index contributed by atoms with van der Waals surface area (Å²) in [6, 6.07) is 8.26. The van der Waals surface area contributed by atoms with Crippen LogP contribution in [0, 0.1) is 25.1 Å². The van der Waals surface area contributed by atoms with Gasteiger partial charge in [-0.15, -0.1) is 5.10 Å². The first kappa shape index (κ1) is 19.7. The third kappa shape index (κ3) is 3.56. The van der Waals surface area contributed by atoms with Gasteiger partial charge < -0.3 is 4.57 Å². The Morgan fingerprint density at radius 3 is 2.83 bits per heavy atom. The third-order valence-electron chi connectivity index (χ3n) is 4.54. The Bertz CT molecular complexity index is 1130. The van der Waals surface area contributed by atoms with Crippen LogP contribution in [0.2, 0.25) is 0 Å². The minimum Gasteiger partial charge on any atom is -0.318 e. The van der Waals surface area contributed by atoms with Crippen molar-refractivity contribution >= 4 is 50.9 Å². The predicted molar refractivity (Wildman–Crippen MR) is 118 cm³/mol. The second-order valence-electron chi connectivity index (χ2n) is 6.46. The second kappa shape index (κ2) is 7.64. The number of aromatic nitrogens is 1. The Morgan fingerprint density at radius 1 is 1.31 bits per heavy atom. The molecule has 0 unspecified atom stereocenters. The number of amides is 1. The van der Waals surface area contributed by atoms with E-state index < -0.39 is 5.91 Å². The molecule has 6 nitrogen and oxygen atoms in total. The number of carbonyl (C=O) groups is 1. The smallest absolute Gasteiger partial charge is 0.283 e. The number of amidine groups is 2. The lowest BCUT2D eigenvalue weighted by Gasteiger charge is -2.20. The van der Waals surface area contributed by atoms with Crippen molar-refractivity contribution in [3.05, 3.63) is 58.7 Å². The zero-order valence-corrected chi connectivity index (χ0v) is 17.7. The molecule has 2 aromatic rings. The molecule has 1 N–H and O–H groups in total. The van der Waals surface area contributed by atoms with E-state index in [1.54, 1.807) is 23.9 Å². The quantitative estimate of drug-likeness (QED) is 0.729. The average Bonchev–Trinajstić information content (AvgIpc) is 3.19. The summed E-state index contributed by atoms with van der Waals surface area (Å²) in [5.74, 6) is 0.0892. The largest absolute Gasteiger partial charge is 0.318 e. The van der Waals surface area contributed by atoms with Crippen molar-refractivity contribution in [3.8, 4) is 5.69 Å². The number of carbonyl (C=O) groups excluding carboxylic acids is 1. The van der Waals surface area contributed by atoms with Crippen molar-refractivity contribution in [1.29, 1.82) is 5.41 Å². The first-order valence-corrected chi connectivity index (χ1v) is 10.8. The summed E-state index contributed by atoms with van der Waals surface area (Å²) in [6.07, 6.45) is 1.66. The molecular formula is C20H18FN5OS2. The zero-order chi connectivity index (χ0) is 20.7. The van der Waals surface area contributed by atoms with Gasteiger partial charge in [-0.05, 0) is 67.3 Å². The molecule has 0 aliphatic carbocycles. The van der Waals surface area contributed by atoms with Crippen molar-refractivity contribution in [2.75, 3.05) is 5.75 Å². The summed E-state index contributed by atoms with van der Waals surface area (Å²) >= 11 is 2.85. The monoisotopic (exact) mass is 427 g/mol. The number of benzene rings is 1. The SMILES string of the molecule is CCSC1=NN2C(=N)C(=Cc3cc(C)n(-c4cccc(F)c4)c3C)C(=O)N=C2S1. The highest BCUT2D eigenvalue weighted by atomic mass is 32.2. The van der Waals surface area contributed by atoms with E-state index in [-0.39, 0.29) is 17.2 Å². The highest BCUT2D eigenvalue weighted by Gasteiger charge is 2.35. The van der Waals surface area contributed by atoms with Gasteiger partial charge in [-0.2, -0.15) is 10.0 Å². The molecule has 0 fully saturated rings. The molecule has 0 saturated carbocycles. The molecular weight excluding hydrogens is 409 g/mol. The molecule has 148 valence electrons. The average molecular weight is 428 g/mol. The highest BCUT2D eigenvalue weighted by Crippen LogP contribution is 2.33. The molecule has 0 atom stereocenters. The van der Waals surface area contributed by atoms with Gasteiger partial charge in [0, 0.05) is 17.1 Å². The minimum atomic E-state index is -0.456. The number of hydrazone groups is 1. The van der Waals surface area contributed by atoms with E-state index in [1.807, 2.05) is 37.5 Å². The summed E-state index contributed by atoms with van der Waals surface area (Å²) in [6.45, 7) is 5.83. The number of nitrogens with zero attached hydrogens (tertiary/aromatic N) is 4. The van der Waals surface area contributed by atoms with E-state index in [0.29, 0.717) is 10.9 Å². The van der Waals surface area contributed by atoms with E-state index >= 15 is 0 Å². The first-order valence-electron chi connectivity index (χ1n) is 8.97. The molecule has 0 saturated heterocycles. The molecule has 29 heavy (non-hydrogen) atoms. The van der Waals surface area contributed by atoms with Gasteiger partial charge in [-0.1, -0.05) is 24.8 Å². The van der Waals surface area contributed by atoms with Crippen LogP contribution < -0.4 is 0 Å². The molecule has 2 aliphatic heterocycles. The number of fused-ring (bicyclic) bond motifs is 1. The normalized spacial score (nSPS) is 17.7. The molecule has 0 radical (unpaired) electrons. The van der Waals surface area contributed by atoms with Crippen LogP contribution in [0.4, 0.5) is 4.39 Å². The van der Waals surface area contributed by atoms with Crippen molar-refractivity contribution in [3.63, 3.8) is 0 Å². The standard InChI is InChI=1S/C20H18FN5OS2/c1-4-28-20-24-26-17(22)16(18(27)23-19(26)29-20)9-13-8-11(2)25(12(13)3)15-7-5-6-14(21)10-15/h5-10,22H,4H2,1-3H3. The van der Waals surface area contributed by atoms with Crippen LogP contribution in [0.3, 0.4) is 0 Å². The van der Waals surface area contributed by atoms with Crippen molar-refractivity contribution < 1.29 is 9.18 Å². The number of aryl methyl sites for hydroxylation is 1. The summed E-state index contributed by atoms with van der Waals surface area (Å²) in [4.78, 5) is 16.7. The molecule has 1 aromatic carbocycles. The Labute approximate surface area is 176 Å². The Hall–Kier alpha value is -2.65. The van der Waals surface area contributed by atoms with E-state index in [4.69, 9.17) is 5.41 Å². The Morgan fingerprint density at radius 2 is 2.10 bits per heavy atom. The maximum Gasteiger partial charge on any atom is 0.283 e. The summed E-state index contributed by atoms with van der Waals surface area (Å²) in [5, 5.41) is 14.7. The molecule has 3 heterocycles. The predicted octanol–water partition coefficient (Wildman–Crippen LogP) is 4.56. The van der Waals surface area contributed by atoms with E-state index in [9.17, 15) is 9.18 Å². The van der Waals surface area contributed by atoms with Crippen LogP contribution in [0.5, 0.6) is 0 Å². The van der Waals surface area contributed by atoms with Gasteiger partial charge in [-0.25, -0.2) is 4.39 Å². The van der Waals surface area contributed by atoms with Crippen molar-refractivity contribution in [2.45, 2.75) is 20.8 Å². The fraction of sp³-hybridized carbons (Fsp3) is 0.200. The van der Waals surface area contributed by atoms with Gasteiger partial charge >= 0.3 is 0 Å². The van der Waals surface area contributed by atoms with Gasteiger partial charge in [-0.3, -0.25) is 10.2 Å². The Balaban J connectivity index is 1.73. The molecule has 0 spiro atoms. The number of aliphatic imine (C=N–C) groups is 1. The van der Waals surface area contributed by atoms with Crippen LogP contribution in [0.15, 0.2) is 46.0 Å². The van der Waals surface area contributed by atoms with Gasteiger partial charge in [0.15, 0.2) is 10.2 Å². The number of halogens is 1. The first-order chi connectivity index (χ1) is 13.9. The van der Waals surface area contributed by atoms with Crippen LogP contribution in [0.25, 0.3) is 11.8 Å². The topological polar surface area (TPSA) is 73.8 Å². The second-order valence-corrected chi connectivity index (χ2v) is 8.93. The number of hydrogen-bond donors (Lipinski definition) is 1. The van der Waals surface area contributed by atoms with Gasteiger partial charge in [0.1, 0.15) is 5.82 Å². The van der Waals surface area contributed by atoms with Gasteiger partial charge in [0.2, 0.25) is 5.17 Å². The number of thioether (sulfide) groups is 2. The lowest BCUT2D eigenvalue weighted by atomic mass is 10.1. The maximum absolute atomic E-state index is 13.7. The Kier molecular flexibility index (Phi) is 5.18. The number of hydrogen-bond acceptors (Lipinski definition) is 5. The summed E-state index contributed by atoms with van der Waals surface area (Å²) in [5.41, 5.74) is 3.41. The molecule has 1 aromatic heterocycles. The number of rotatable bonds is 3. The van der Waals surface area contributed by atoms with Crippen LogP contribution >= 0.6 is 23.5 Å². The lowest BCUT2D eigenvalue weighted by molar-refractivity contribution is -0.114. The minimum absolute atomic E-state index is 0.00904. The van der Waals surface area contributed by atoms with Gasteiger partial charge in [0.05, 0.1) is 5.57 Å². The lowest BCUT2D eigenvalue weighted by Crippen LogP contribution is -2.35. The molecule has 1 amide bonds. The van der Waals surface area contributed by atoms with Crippen molar-refractivity contribution in [1.82, 2.24) is 9.58 Å². The molecule has 0 bridgehead atoms. The van der Waals surface area contributed by atoms with Crippen LogP contribution in [0.1, 0.15) is 23.9 Å². The van der Waals surface area contributed by atoms with E-state index in [2.05, 4.69) is 10.1 Å². The molecule has 2 aliphatic rings. The van der Waals surface area contributed by atoms with Crippen LogP contribution in [-0.4, -0.2) is 36.6 Å². The third-order valence-corrected chi connectivity index (χ3v) is 6.46. The zero-order valence-electron chi connectivity index (χ0n) is 16.1. The van der Waals surface area contributed by atoms with E-state index in [1.165, 1.54) is 28.9 Å². The number of nitrogens with one attached hydrogen (secondary N) is 1. The molecule has 9 heteroatoms. The van der Waals surface area contributed by atoms with Crippen molar-refractivity contribution in [2.24, 2.45) is 10.1 Å². The molecule has 4 rings (SSSR count). The summed E-state index contributed by atoms with van der Waals surface area (Å²) < 4.78 is 16.4. The summed E-state index contributed by atoms with van der Waals surface area (Å²) in [7, 11) is 0. The fourth-order valence-electron chi connectivity index (χ4n) is 3.26. The highest BCUT2D eigenvalue weighted by molar-refractivity contribution is 8.45. The van der Waals surface area contributed by atoms with Crippen LogP contribution in [-0.2, 0) is 4.79 Å². The van der Waals surface area contributed by atoms with Gasteiger partial charge in [0.25, 0.3) is 5.91 Å². The fourth-order valence-corrected chi connectivity index (χ4v) is 5.08. The maximum atomic E-state index is 13.7. The van der Waals surface area contributed by atoms with E-state index in [0.717, 1.165) is 27.1 Å².